The summed E-state index contributed by atoms with van der Waals surface area (Å²) in [6, 6.07) is 14.7. The maximum Gasteiger partial charge on any atom is 0.123 e. The van der Waals surface area contributed by atoms with Gasteiger partial charge in [-0.1, -0.05) is 29.8 Å². The fraction of sp³-hybridized carbons (Fsp3) is 0.235. The first kappa shape index (κ1) is 14.2. The van der Waals surface area contributed by atoms with Crippen LogP contribution in [0.1, 0.15) is 35.2 Å². The lowest BCUT2D eigenvalue weighted by molar-refractivity contribution is 0.568. The van der Waals surface area contributed by atoms with E-state index in [0.29, 0.717) is 17.7 Å². The molecule has 0 aliphatic rings. The third kappa shape index (κ3) is 3.43. The van der Waals surface area contributed by atoms with Gasteiger partial charge in [-0.05, 0) is 43.2 Å². The van der Waals surface area contributed by atoms with E-state index in [1.807, 2.05) is 6.07 Å². The molecule has 2 nitrogen and oxygen atoms in total. The van der Waals surface area contributed by atoms with Crippen LogP contribution in [0.4, 0.5) is 4.39 Å². The summed E-state index contributed by atoms with van der Waals surface area (Å²) in [4.78, 5) is 0. The van der Waals surface area contributed by atoms with Crippen LogP contribution in [-0.4, -0.2) is 0 Å². The Morgan fingerprint density at radius 2 is 2.05 bits per heavy atom. The van der Waals surface area contributed by atoms with Crippen molar-refractivity contribution in [1.82, 2.24) is 5.32 Å². The number of benzene rings is 2. The molecule has 102 valence electrons. The molecule has 0 aromatic heterocycles. The first-order valence-corrected chi connectivity index (χ1v) is 6.58. The van der Waals surface area contributed by atoms with Gasteiger partial charge in [-0.2, -0.15) is 5.26 Å². The van der Waals surface area contributed by atoms with Crippen LogP contribution in [0.15, 0.2) is 42.5 Å². The molecule has 0 saturated heterocycles. The second-order valence-corrected chi connectivity index (χ2v) is 4.93. The third-order valence-corrected chi connectivity index (χ3v) is 3.33. The number of aryl methyl sites for hydroxylation is 1. The molecule has 3 heteroatoms. The first-order valence-electron chi connectivity index (χ1n) is 6.58. The number of halogens is 1. The molecule has 0 saturated carbocycles. The number of nitriles is 1. The van der Waals surface area contributed by atoms with Gasteiger partial charge in [-0.3, -0.25) is 0 Å². The second kappa shape index (κ2) is 6.31. The molecule has 0 unspecified atom stereocenters. The molecular formula is C17H17FN2. The van der Waals surface area contributed by atoms with Crippen molar-refractivity contribution in [2.24, 2.45) is 0 Å². The van der Waals surface area contributed by atoms with Crippen LogP contribution in [0.5, 0.6) is 0 Å². The summed E-state index contributed by atoms with van der Waals surface area (Å²) in [5.74, 6) is -0.316. The summed E-state index contributed by atoms with van der Waals surface area (Å²) in [5, 5.41) is 12.4. The third-order valence-electron chi connectivity index (χ3n) is 3.33. The number of nitrogens with zero attached hydrogens (tertiary/aromatic N) is 1. The smallest absolute Gasteiger partial charge is 0.123 e. The molecule has 0 fully saturated rings. The standard InChI is InChI=1S/C17H17FN2/c1-12-4-3-5-14(8-12)13(2)20-11-16-9-17(18)7-6-15(16)10-19/h3-9,13,20H,11H2,1-2H3/t13-/m1/s1. The monoisotopic (exact) mass is 268 g/mol. The lowest BCUT2D eigenvalue weighted by Crippen LogP contribution is -2.18. The Hall–Kier alpha value is -2.18. The van der Waals surface area contributed by atoms with Gasteiger partial charge in [-0.15, -0.1) is 0 Å². The van der Waals surface area contributed by atoms with Crippen LogP contribution in [0, 0.1) is 24.1 Å². The predicted octanol–water partition coefficient (Wildman–Crippen LogP) is 3.86. The van der Waals surface area contributed by atoms with Gasteiger partial charge in [0.2, 0.25) is 0 Å². The highest BCUT2D eigenvalue weighted by atomic mass is 19.1. The second-order valence-electron chi connectivity index (χ2n) is 4.93. The Bertz CT molecular complexity index is 644. The largest absolute Gasteiger partial charge is 0.306 e. The molecule has 20 heavy (non-hydrogen) atoms. The van der Waals surface area contributed by atoms with Crippen molar-refractivity contribution in [3.63, 3.8) is 0 Å². The van der Waals surface area contributed by atoms with Gasteiger partial charge in [-0.25, -0.2) is 4.39 Å². The van der Waals surface area contributed by atoms with Gasteiger partial charge >= 0.3 is 0 Å². The van der Waals surface area contributed by atoms with Crippen LogP contribution >= 0.6 is 0 Å². The Morgan fingerprint density at radius 3 is 2.75 bits per heavy atom. The maximum absolute atomic E-state index is 13.2. The van der Waals surface area contributed by atoms with Crippen molar-refractivity contribution in [1.29, 1.82) is 5.26 Å². The van der Waals surface area contributed by atoms with Gasteiger partial charge in [0, 0.05) is 12.6 Å². The minimum Gasteiger partial charge on any atom is -0.306 e. The zero-order chi connectivity index (χ0) is 14.5. The molecule has 0 aliphatic carbocycles. The van der Waals surface area contributed by atoms with Crippen molar-refractivity contribution in [2.75, 3.05) is 0 Å². The summed E-state index contributed by atoms with van der Waals surface area (Å²) in [7, 11) is 0. The lowest BCUT2D eigenvalue weighted by Gasteiger charge is -2.15. The highest BCUT2D eigenvalue weighted by Gasteiger charge is 2.08. The minimum absolute atomic E-state index is 0.143. The number of rotatable bonds is 4. The summed E-state index contributed by atoms with van der Waals surface area (Å²) in [6.45, 7) is 4.58. The van der Waals surface area contributed by atoms with Gasteiger partial charge in [0.25, 0.3) is 0 Å². The maximum atomic E-state index is 13.2. The Kier molecular flexibility index (Phi) is 4.49. The van der Waals surface area contributed by atoms with Gasteiger partial charge in [0.1, 0.15) is 5.82 Å². The molecule has 0 amide bonds. The van der Waals surface area contributed by atoms with Crippen molar-refractivity contribution in [3.05, 3.63) is 70.5 Å². The van der Waals surface area contributed by atoms with E-state index in [-0.39, 0.29) is 11.9 Å². The van der Waals surface area contributed by atoms with Gasteiger partial charge < -0.3 is 5.32 Å². The molecule has 0 bridgehead atoms. The summed E-state index contributed by atoms with van der Waals surface area (Å²) in [6.07, 6.45) is 0. The highest BCUT2D eigenvalue weighted by Crippen LogP contribution is 2.16. The van der Waals surface area contributed by atoms with E-state index < -0.39 is 0 Å². The van der Waals surface area contributed by atoms with Crippen LogP contribution in [0.25, 0.3) is 0 Å². The van der Waals surface area contributed by atoms with Crippen molar-refractivity contribution in [3.8, 4) is 6.07 Å². The molecule has 0 spiro atoms. The molecule has 0 heterocycles. The number of hydrogen-bond acceptors (Lipinski definition) is 2. The van der Waals surface area contributed by atoms with Crippen LogP contribution in [0.3, 0.4) is 0 Å². The average molecular weight is 268 g/mol. The Balaban J connectivity index is 2.09. The molecule has 0 radical (unpaired) electrons. The number of hydrogen-bond donors (Lipinski definition) is 1. The quantitative estimate of drug-likeness (QED) is 0.914. The molecule has 1 atom stereocenters. The zero-order valence-electron chi connectivity index (χ0n) is 11.7. The highest BCUT2D eigenvalue weighted by molar-refractivity contribution is 5.38. The zero-order valence-corrected chi connectivity index (χ0v) is 11.7. The molecule has 2 aromatic rings. The van der Waals surface area contributed by atoms with Crippen molar-refractivity contribution >= 4 is 0 Å². The predicted molar refractivity (Wildman–Crippen MR) is 77.5 cm³/mol. The van der Waals surface area contributed by atoms with E-state index in [1.54, 1.807) is 0 Å². The molecule has 2 rings (SSSR count). The molecule has 1 N–H and O–H groups in total. The minimum atomic E-state index is -0.316. The summed E-state index contributed by atoms with van der Waals surface area (Å²) >= 11 is 0. The molecule has 2 aromatic carbocycles. The first-order chi connectivity index (χ1) is 9.60. The van der Waals surface area contributed by atoms with E-state index in [1.165, 1.54) is 29.3 Å². The van der Waals surface area contributed by atoms with Crippen molar-refractivity contribution in [2.45, 2.75) is 26.4 Å². The molecular weight excluding hydrogens is 251 g/mol. The summed E-state index contributed by atoms with van der Waals surface area (Å²) in [5.41, 5.74) is 3.59. The van der Waals surface area contributed by atoms with Crippen LogP contribution < -0.4 is 5.32 Å². The van der Waals surface area contributed by atoms with Gasteiger partial charge in [0.15, 0.2) is 0 Å². The van der Waals surface area contributed by atoms with E-state index in [9.17, 15) is 4.39 Å². The summed E-state index contributed by atoms with van der Waals surface area (Å²) < 4.78 is 13.2. The number of nitrogens with one attached hydrogen (secondary N) is 1. The normalized spacial score (nSPS) is 11.9. The van der Waals surface area contributed by atoms with Crippen molar-refractivity contribution < 1.29 is 4.39 Å². The fourth-order valence-electron chi connectivity index (χ4n) is 2.14. The Labute approximate surface area is 118 Å². The van der Waals surface area contributed by atoms with E-state index in [0.717, 1.165) is 0 Å². The van der Waals surface area contributed by atoms with Crippen LogP contribution in [-0.2, 0) is 6.54 Å². The topological polar surface area (TPSA) is 35.8 Å². The molecule has 0 aliphatic heterocycles. The fourth-order valence-corrected chi connectivity index (χ4v) is 2.14. The lowest BCUT2D eigenvalue weighted by atomic mass is 10.0. The van der Waals surface area contributed by atoms with Gasteiger partial charge in [0.05, 0.1) is 11.6 Å². The SMILES string of the molecule is Cc1cccc([C@@H](C)NCc2cc(F)ccc2C#N)c1. The Morgan fingerprint density at radius 1 is 1.25 bits per heavy atom. The van der Waals surface area contributed by atoms with E-state index in [4.69, 9.17) is 5.26 Å². The van der Waals surface area contributed by atoms with E-state index in [2.05, 4.69) is 43.4 Å². The van der Waals surface area contributed by atoms with Crippen LogP contribution in [0.2, 0.25) is 0 Å². The van der Waals surface area contributed by atoms with E-state index >= 15 is 0 Å². The average Bonchev–Trinajstić information content (AvgIpc) is 2.45.